The molecular formula is C16H22BrFN2. The molecule has 1 unspecified atom stereocenters. The van der Waals surface area contributed by atoms with Crippen molar-refractivity contribution < 1.29 is 4.39 Å². The third-order valence-corrected chi connectivity index (χ3v) is 4.86. The lowest BCUT2D eigenvalue weighted by molar-refractivity contribution is 0.181. The molecule has 0 amide bonds. The molecule has 2 N–H and O–H groups in total. The van der Waals surface area contributed by atoms with Gasteiger partial charge in [-0.2, -0.15) is 0 Å². The molecule has 0 aliphatic heterocycles. The topological polar surface area (TPSA) is 29.3 Å². The lowest BCUT2D eigenvalue weighted by Crippen LogP contribution is -2.37. The van der Waals surface area contributed by atoms with E-state index in [0.29, 0.717) is 6.54 Å². The van der Waals surface area contributed by atoms with E-state index in [1.807, 2.05) is 12.1 Å². The normalized spacial score (nSPS) is 20.4. The highest BCUT2D eigenvalue weighted by Crippen LogP contribution is 2.37. The number of benzene rings is 1. The zero-order chi connectivity index (χ0) is 14.1. The molecule has 3 rings (SSSR count). The Hall–Kier alpha value is -0.450. The predicted octanol–water partition coefficient (Wildman–Crippen LogP) is 3.71. The van der Waals surface area contributed by atoms with E-state index in [2.05, 4.69) is 20.8 Å². The van der Waals surface area contributed by atoms with Gasteiger partial charge in [0.05, 0.1) is 0 Å². The van der Waals surface area contributed by atoms with E-state index in [1.54, 1.807) is 6.07 Å². The van der Waals surface area contributed by atoms with Gasteiger partial charge >= 0.3 is 0 Å². The van der Waals surface area contributed by atoms with Crippen molar-refractivity contribution in [3.05, 3.63) is 34.1 Å². The summed E-state index contributed by atoms with van der Waals surface area (Å²) in [7, 11) is 0. The summed E-state index contributed by atoms with van der Waals surface area (Å²) in [6, 6.07) is 5.35. The van der Waals surface area contributed by atoms with Gasteiger partial charge < -0.3 is 5.73 Å². The minimum absolute atomic E-state index is 0.0179. The monoisotopic (exact) mass is 340 g/mol. The molecule has 0 radical (unpaired) electrons. The van der Waals surface area contributed by atoms with Crippen LogP contribution in [-0.2, 0) is 0 Å². The SMILES string of the molecule is NCC(c1ccc(Br)cc1F)N(CC1CC1)CC1CC1. The van der Waals surface area contributed by atoms with Crippen molar-refractivity contribution in [3.8, 4) is 0 Å². The van der Waals surface area contributed by atoms with Crippen LogP contribution in [0.25, 0.3) is 0 Å². The second-order valence-electron chi connectivity index (χ2n) is 6.26. The van der Waals surface area contributed by atoms with Crippen molar-refractivity contribution in [1.29, 1.82) is 0 Å². The van der Waals surface area contributed by atoms with E-state index in [9.17, 15) is 4.39 Å². The van der Waals surface area contributed by atoms with Crippen molar-refractivity contribution in [1.82, 2.24) is 4.90 Å². The molecule has 0 bridgehead atoms. The van der Waals surface area contributed by atoms with Crippen LogP contribution in [-0.4, -0.2) is 24.5 Å². The maximum absolute atomic E-state index is 14.2. The van der Waals surface area contributed by atoms with E-state index in [-0.39, 0.29) is 11.9 Å². The molecule has 0 spiro atoms. The van der Waals surface area contributed by atoms with E-state index in [1.165, 1.54) is 25.7 Å². The van der Waals surface area contributed by atoms with Crippen LogP contribution in [0.1, 0.15) is 37.3 Å². The maximum atomic E-state index is 14.2. The molecule has 2 nitrogen and oxygen atoms in total. The second kappa shape index (κ2) is 6.12. The van der Waals surface area contributed by atoms with Crippen LogP contribution in [0.15, 0.2) is 22.7 Å². The van der Waals surface area contributed by atoms with Crippen molar-refractivity contribution in [2.75, 3.05) is 19.6 Å². The molecule has 1 aromatic rings. The quantitative estimate of drug-likeness (QED) is 0.819. The number of nitrogens with zero attached hydrogens (tertiary/aromatic N) is 1. The molecule has 2 fully saturated rings. The largest absolute Gasteiger partial charge is 0.329 e. The molecule has 0 heterocycles. The highest BCUT2D eigenvalue weighted by atomic mass is 79.9. The van der Waals surface area contributed by atoms with Crippen LogP contribution in [0.2, 0.25) is 0 Å². The van der Waals surface area contributed by atoms with Crippen molar-refractivity contribution in [2.24, 2.45) is 17.6 Å². The van der Waals surface area contributed by atoms with Crippen LogP contribution in [0.5, 0.6) is 0 Å². The van der Waals surface area contributed by atoms with Crippen LogP contribution in [0.4, 0.5) is 4.39 Å². The summed E-state index contributed by atoms with van der Waals surface area (Å²) in [5.74, 6) is 1.47. The fourth-order valence-corrected chi connectivity index (χ4v) is 3.17. The standard InChI is InChI=1S/C16H22BrFN2/c17-13-5-6-14(15(18)7-13)16(8-19)20(9-11-1-2-11)10-12-3-4-12/h5-7,11-12,16H,1-4,8-10,19H2. The number of halogens is 2. The number of nitrogens with two attached hydrogens (primary N) is 1. The highest BCUT2D eigenvalue weighted by Gasteiger charge is 2.33. The van der Waals surface area contributed by atoms with Gasteiger partial charge in [0, 0.05) is 35.7 Å². The molecule has 110 valence electrons. The van der Waals surface area contributed by atoms with Crippen LogP contribution in [0.3, 0.4) is 0 Å². The minimum Gasteiger partial charge on any atom is -0.329 e. The third kappa shape index (κ3) is 3.60. The minimum atomic E-state index is -0.147. The molecule has 2 aliphatic carbocycles. The average molecular weight is 341 g/mol. The third-order valence-electron chi connectivity index (χ3n) is 4.36. The summed E-state index contributed by atoms with van der Waals surface area (Å²) in [5.41, 5.74) is 6.73. The van der Waals surface area contributed by atoms with Gasteiger partial charge in [0.15, 0.2) is 0 Å². The highest BCUT2D eigenvalue weighted by molar-refractivity contribution is 9.10. The zero-order valence-corrected chi connectivity index (χ0v) is 13.3. The van der Waals surface area contributed by atoms with Gasteiger partial charge in [0.1, 0.15) is 5.82 Å². The Morgan fingerprint density at radius 1 is 1.20 bits per heavy atom. The Kier molecular flexibility index (Phi) is 4.43. The van der Waals surface area contributed by atoms with Crippen LogP contribution < -0.4 is 5.73 Å². The van der Waals surface area contributed by atoms with E-state index in [4.69, 9.17) is 5.73 Å². The fraction of sp³-hybridized carbons (Fsp3) is 0.625. The first-order valence-electron chi connectivity index (χ1n) is 7.56. The molecular weight excluding hydrogens is 319 g/mol. The first-order valence-corrected chi connectivity index (χ1v) is 8.35. The zero-order valence-electron chi connectivity index (χ0n) is 11.7. The van der Waals surface area contributed by atoms with Gasteiger partial charge in [-0.15, -0.1) is 0 Å². The fourth-order valence-electron chi connectivity index (χ4n) is 2.84. The van der Waals surface area contributed by atoms with Gasteiger partial charge in [-0.25, -0.2) is 4.39 Å². The average Bonchev–Trinajstić information content (AvgIpc) is 3.28. The first kappa shape index (κ1) is 14.5. The summed E-state index contributed by atoms with van der Waals surface area (Å²) in [6.45, 7) is 2.64. The van der Waals surface area contributed by atoms with Crippen molar-refractivity contribution in [3.63, 3.8) is 0 Å². The Bertz CT molecular complexity index is 458. The second-order valence-corrected chi connectivity index (χ2v) is 7.17. The lowest BCUT2D eigenvalue weighted by Gasteiger charge is -2.31. The molecule has 2 saturated carbocycles. The number of rotatable bonds is 7. The Morgan fingerprint density at radius 2 is 1.80 bits per heavy atom. The number of hydrogen-bond acceptors (Lipinski definition) is 2. The predicted molar refractivity (Wildman–Crippen MR) is 82.9 cm³/mol. The lowest BCUT2D eigenvalue weighted by atomic mass is 10.0. The Balaban J connectivity index is 1.79. The Morgan fingerprint density at radius 3 is 2.25 bits per heavy atom. The van der Waals surface area contributed by atoms with E-state index >= 15 is 0 Å². The van der Waals surface area contributed by atoms with Crippen molar-refractivity contribution in [2.45, 2.75) is 31.7 Å². The number of hydrogen-bond donors (Lipinski definition) is 1. The molecule has 4 heteroatoms. The van der Waals surface area contributed by atoms with Gasteiger partial charge in [-0.3, -0.25) is 4.90 Å². The van der Waals surface area contributed by atoms with Gasteiger partial charge in [0.25, 0.3) is 0 Å². The van der Waals surface area contributed by atoms with Crippen LogP contribution in [0, 0.1) is 17.7 Å². The van der Waals surface area contributed by atoms with Gasteiger partial charge in [-0.05, 0) is 49.7 Å². The molecule has 1 atom stereocenters. The summed E-state index contributed by atoms with van der Waals surface area (Å²) < 4.78 is 15.0. The summed E-state index contributed by atoms with van der Waals surface area (Å²) >= 11 is 3.32. The van der Waals surface area contributed by atoms with E-state index in [0.717, 1.165) is 35.0 Å². The maximum Gasteiger partial charge on any atom is 0.129 e. The van der Waals surface area contributed by atoms with Crippen LogP contribution >= 0.6 is 15.9 Å². The molecule has 0 saturated heterocycles. The van der Waals surface area contributed by atoms with Gasteiger partial charge in [-0.1, -0.05) is 22.0 Å². The van der Waals surface area contributed by atoms with Gasteiger partial charge in [0.2, 0.25) is 0 Å². The molecule has 2 aliphatic rings. The Labute approximate surface area is 128 Å². The smallest absolute Gasteiger partial charge is 0.129 e. The summed E-state index contributed by atoms with van der Waals surface area (Å²) in [4.78, 5) is 2.43. The van der Waals surface area contributed by atoms with E-state index < -0.39 is 0 Å². The van der Waals surface area contributed by atoms with Crippen molar-refractivity contribution >= 4 is 15.9 Å². The molecule has 20 heavy (non-hydrogen) atoms. The molecule has 1 aromatic carbocycles. The summed E-state index contributed by atoms with van der Waals surface area (Å²) in [5, 5.41) is 0. The summed E-state index contributed by atoms with van der Waals surface area (Å²) in [6.07, 6.45) is 5.28. The first-order chi connectivity index (χ1) is 9.67. The molecule has 0 aromatic heterocycles.